The zero-order valence-corrected chi connectivity index (χ0v) is 17.4. The van der Waals surface area contributed by atoms with E-state index in [1.54, 1.807) is 12.5 Å². The second kappa shape index (κ2) is 9.36. The molecule has 0 saturated carbocycles. The first-order chi connectivity index (χ1) is 14.7. The molecule has 0 aliphatic rings. The summed E-state index contributed by atoms with van der Waals surface area (Å²) in [5.74, 6) is 0.286. The maximum Gasteiger partial charge on any atom is 0.261 e. The Balaban J connectivity index is 1.42. The van der Waals surface area contributed by atoms with Gasteiger partial charge in [0, 0.05) is 25.5 Å². The monoisotopic (exact) mass is 422 g/mol. The Labute approximate surface area is 177 Å². The van der Waals surface area contributed by atoms with Gasteiger partial charge in [-0.05, 0) is 30.2 Å². The number of benzene rings is 2. The lowest BCUT2D eigenvalue weighted by atomic mass is 10.0. The molecule has 30 heavy (non-hydrogen) atoms. The number of hydrogen-bond donors (Lipinski definition) is 2. The number of imidazole rings is 1. The Morgan fingerprint density at radius 3 is 2.87 bits per heavy atom. The highest BCUT2D eigenvalue weighted by Gasteiger charge is 2.18. The second-order valence-corrected chi connectivity index (χ2v) is 7.52. The number of fused-ring (bicyclic) bond motifs is 1. The molecule has 0 radical (unpaired) electrons. The third-order valence-electron chi connectivity index (χ3n) is 4.49. The van der Waals surface area contributed by atoms with Crippen molar-refractivity contribution < 1.29 is 9.53 Å². The summed E-state index contributed by atoms with van der Waals surface area (Å²) < 4.78 is 7.71. The Hall–Kier alpha value is -3.46. The third-order valence-corrected chi connectivity index (χ3v) is 5.29. The fourth-order valence-corrected chi connectivity index (χ4v) is 3.81. The fraction of sp³-hybridized carbons (Fsp3) is 0.238. The third kappa shape index (κ3) is 4.57. The van der Waals surface area contributed by atoms with Gasteiger partial charge >= 0.3 is 0 Å². The summed E-state index contributed by atoms with van der Waals surface area (Å²) in [6.07, 6.45) is 6.41. The van der Waals surface area contributed by atoms with Gasteiger partial charge in [0.2, 0.25) is 10.3 Å². The number of anilines is 2. The van der Waals surface area contributed by atoms with Crippen LogP contribution in [0.5, 0.6) is 5.75 Å². The van der Waals surface area contributed by atoms with Crippen molar-refractivity contribution in [3.05, 3.63) is 60.7 Å². The first kappa shape index (κ1) is 19.8. The van der Waals surface area contributed by atoms with Crippen LogP contribution in [0.25, 0.3) is 10.8 Å². The molecule has 2 heterocycles. The van der Waals surface area contributed by atoms with Crippen molar-refractivity contribution in [2.24, 2.45) is 0 Å². The van der Waals surface area contributed by atoms with E-state index in [-0.39, 0.29) is 5.91 Å². The van der Waals surface area contributed by atoms with Gasteiger partial charge < -0.3 is 14.6 Å². The summed E-state index contributed by atoms with van der Waals surface area (Å²) in [5.41, 5.74) is 0.500. The highest BCUT2D eigenvalue weighted by Crippen LogP contribution is 2.30. The molecule has 0 fully saturated rings. The van der Waals surface area contributed by atoms with Gasteiger partial charge in [-0.2, -0.15) is 0 Å². The Kier molecular flexibility index (Phi) is 6.19. The van der Waals surface area contributed by atoms with Crippen molar-refractivity contribution in [1.82, 2.24) is 19.7 Å². The van der Waals surface area contributed by atoms with Crippen LogP contribution in [0.15, 0.2) is 55.1 Å². The maximum atomic E-state index is 13.0. The lowest BCUT2D eigenvalue weighted by molar-refractivity contribution is 0.102. The average molecular weight is 423 g/mol. The fourth-order valence-electron chi connectivity index (χ4n) is 3.14. The van der Waals surface area contributed by atoms with Gasteiger partial charge in [-0.25, -0.2) is 4.98 Å². The number of aryl methyl sites for hydroxylation is 1. The lowest BCUT2D eigenvalue weighted by Gasteiger charge is -2.12. The van der Waals surface area contributed by atoms with Crippen molar-refractivity contribution in [2.45, 2.75) is 19.9 Å². The Morgan fingerprint density at radius 1 is 1.17 bits per heavy atom. The number of amides is 1. The molecule has 0 spiro atoms. The molecule has 1 amide bonds. The molecular formula is C21H22N6O2S. The molecular weight excluding hydrogens is 400 g/mol. The first-order valence-electron chi connectivity index (χ1n) is 9.73. The molecule has 2 aromatic heterocycles. The topological polar surface area (TPSA) is 94.0 Å². The number of rotatable bonds is 9. The van der Waals surface area contributed by atoms with E-state index in [0.717, 1.165) is 30.3 Å². The largest absolute Gasteiger partial charge is 0.493 e. The molecule has 0 aliphatic carbocycles. The van der Waals surface area contributed by atoms with Gasteiger partial charge in [0.25, 0.3) is 5.91 Å². The van der Waals surface area contributed by atoms with Crippen LogP contribution < -0.4 is 15.4 Å². The van der Waals surface area contributed by atoms with Crippen LogP contribution in [0, 0.1) is 0 Å². The molecule has 0 atom stereocenters. The SMILES string of the molecule is CCOc1ccc2ccccc2c1C(=O)Nc1nnc(NCCCn2ccnc2)s1. The molecule has 4 aromatic rings. The minimum atomic E-state index is -0.266. The Bertz CT molecular complexity index is 1130. The quantitative estimate of drug-likeness (QED) is 0.395. The van der Waals surface area contributed by atoms with Crippen molar-refractivity contribution in [2.75, 3.05) is 23.8 Å². The highest BCUT2D eigenvalue weighted by atomic mass is 32.1. The van der Waals surface area contributed by atoms with Gasteiger partial charge in [-0.3, -0.25) is 10.1 Å². The number of aromatic nitrogens is 4. The molecule has 2 N–H and O–H groups in total. The van der Waals surface area contributed by atoms with E-state index in [9.17, 15) is 4.79 Å². The van der Waals surface area contributed by atoms with Crippen molar-refractivity contribution >= 4 is 38.3 Å². The predicted molar refractivity (Wildman–Crippen MR) is 118 cm³/mol. The van der Waals surface area contributed by atoms with E-state index < -0.39 is 0 Å². The second-order valence-electron chi connectivity index (χ2n) is 6.54. The predicted octanol–water partition coefficient (Wildman–Crippen LogP) is 4.04. The highest BCUT2D eigenvalue weighted by molar-refractivity contribution is 7.19. The average Bonchev–Trinajstić information content (AvgIpc) is 3.43. The molecule has 8 nitrogen and oxygen atoms in total. The van der Waals surface area contributed by atoms with Gasteiger partial charge in [-0.15, -0.1) is 10.2 Å². The van der Waals surface area contributed by atoms with Gasteiger partial charge in [0.05, 0.1) is 18.5 Å². The smallest absolute Gasteiger partial charge is 0.261 e. The zero-order chi connectivity index (χ0) is 20.8. The number of carbonyl (C=O) groups excluding carboxylic acids is 1. The number of hydrogen-bond acceptors (Lipinski definition) is 7. The number of carbonyl (C=O) groups is 1. The number of nitrogens with one attached hydrogen (secondary N) is 2. The Morgan fingerprint density at radius 2 is 2.03 bits per heavy atom. The normalized spacial score (nSPS) is 10.8. The van der Waals surface area contributed by atoms with Crippen LogP contribution in [0.3, 0.4) is 0 Å². The molecule has 2 aromatic carbocycles. The zero-order valence-electron chi connectivity index (χ0n) is 16.5. The number of nitrogens with zero attached hydrogens (tertiary/aromatic N) is 4. The molecule has 0 saturated heterocycles. The van der Waals surface area contributed by atoms with E-state index in [1.165, 1.54) is 11.3 Å². The first-order valence-corrected chi connectivity index (χ1v) is 10.5. The lowest BCUT2D eigenvalue weighted by Crippen LogP contribution is -2.14. The van der Waals surface area contributed by atoms with E-state index in [0.29, 0.717) is 28.2 Å². The minimum Gasteiger partial charge on any atom is -0.493 e. The molecule has 4 rings (SSSR count). The minimum absolute atomic E-state index is 0.266. The van der Waals surface area contributed by atoms with Crippen molar-refractivity contribution in [1.29, 1.82) is 0 Å². The summed E-state index contributed by atoms with van der Waals surface area (Å²) in [6.45, 7) is 3.99. The molecule has 0 bridgehead atoms. The van der Waals surface area contributed by atoms with E-state index >= 15 is 0 Å². The summed E-state index contributed by atoms with van der Waals surface area (Å²) in [6, 6.07) is 11.5. The van der Waals surface area contributed by atoms with E-state index in [2.05, 4.69) is 25.8 Å². The van der Waals surface area contributed by atoms with Crippen LogP contribution in [-0.2, 0) is 6.54 Å². The summed E-state index contributed by atoms with van der Waals surface area (Å²) in [7, 11) is 0. The van der Waals surface area contributed by atoms with Gasteiger partial charge in [0.15, 0.2) is 0 Å². The van der Waals surface area contributed by atoms with Crippen LogP contribution in [0.4, 0.5) is 10.3 Å². The van der Waals surface area contributed by atoms with E-state index in [1.807, 2.05) is 54.1 Å². The van der Waals surface area contributed by atoms with Crippen molar-refractivity contribution in [3.63, 3.8) is 0 Å². The van der Waals surface area contributed by atoms with Gasteiger partial charge in [0.1, 0.15) is 5.75 Å². The summed E-state index contributed by atoms with van der Waals surface area (Å²) >= 11 is 1.30. The number of ether oxygens (including phenoxy) is 1. The van der Waals surface area contributed by atoms with E-state index in [4.69, 9.17) is 4.74 Å². The standard InChI is InChI=1S/C21H22N6O2S/c1-2-29-17-9-8-15-6-3-4-7-16(15)18(17)19(28)24-21-26-25-20(30-21)23-10-5-12-27-13-11-22-14-27/h3-4,6-9,11,13-14H,2,5,10,12H2,1H3,(H,23,25)(H,24,26,28). The molecule has 0 aliphatic heterocycles. The van der Waals surface area contributed by atoms with Crippen LogP contribution in [0.2, 0.25) is 0 Å². The van der Waals surface area contributed by atoms with Crippen LogP contribution >= 0.6 is 11.3 Å². The molecule has 0 unspecified atom stereocenters. The maximum absolute atomic E-state index is 13.0. The van der Waals surface area contributed by atoms with Gasteiger partial charge in [-0.1, -0.05) is 41.7 Å². The van der Waals surface area contributed by atoms with Crippen molar-refractivity contribution in [3.8, 4) is 5.75 Å². The molecule has 9 heteroatoms. The summed E-state index contributed by atoms with van der Waals surface area (Å²) in [4.78, 5) is 17.1. The van der Waals surface area contributed by atoms with Crippen LogP contribution in [-0.4, -0.2) is 38.8 Å². The molecule has 154 valence electrons. The van der Waals surface area contributed by atoms with Crippen LogP contribution in [0.1, 0.15) is 23.7 Å². The summed E-state index contributed by atoms with van der Waals surface area (Å²) in [5, 5.41) is 17.2.